The highest BCUT2D eigenvalue weighted by atomic mass is 32.1. The van der Waals surface area contributed by atoms with E-state index < -0.39 is 0 Å². The molecule has 2 heterocycles. The summed E-state index contributed by atoms with van der Waals surface area (Å²) in [6.45, 7) is 4.68. The number of nitrogens with zero attached hydrogens (tertiary/aromatic N) is 1. The second-order valence-corrected chi connectivity index (χ2v) is 15.6. The van der Waals surface area contributed by atoms with Gasteiger partial charge >= 0.3 is 0 Å². The lowest BCUT2D eigenvalue weighted by molar-refractivity contribution is 0.660. The number of hydrogen-bond acceptors (Lipinski definition) is 3. The van der Waals surface area contributed by atoms with E-state index in [9.17, 15) is 0 Å². The molecule has 1 aliphatic carbocycles. The van der Waals surface area contributed by atoms with Crippen LogP contribution in [0.15, 0.2) is 168 Å². The van der Waals surface area contributed by atoms with Crippen LogP contribution < -0.4 is 4.90 Å². The summed E-state index contributed by atoms with van der Waals surface area (Å²) in [5.41, 5.74) is 12.9. The van der Waals surface area contributed by atoms with Crippen LogP contribution in [0.25, 0.3) is 75.1 Å². The Hall–Kier alpha value is -6.16. The number of rotatable bonds is 4. The quantitative estimate of drug-likeness (QED) is 0.184. The molecule has 0 aliphatic heterocycles. The predicted octanol–water partition coefficient (Wildman–Crippen LogP) is 14.6. The average molecular weight is 684 g/mol. The molecule has 246 valence electrons. The van der Waals surface area contributed by atoms with Crippen LogP contribution in [0.4, 0.5) is 17.1 Å². The van der Waals surface area contributed by atoms with E-state index in [4.69, 9.17) is 4.42 Å². The maximum atomic E-state index is 6.24. The monoisotopic (exact) mass is 683 g/mol. The molecule has 0 spiro atoms. The molecule has 0 saturated heterocycles. The zero-order chi connectivity index (χ0) is 34.6. The maximum absolute atomic E-state index is 6.24. The summed E-state index contributed by atoms with van der Waals surface area (Å²) in [6.07, 6.45) is 0. The molecule has 2 aromatic heterocycles. The standard InChI is InChI=1S/C49H33NOS/c1-49(2)43-12-6-3-9-36(43)41-28-34(22-25-44(41)49)50(35-23-26-46-42(29-35)37-10-4-7-13-45(37)51-46)33-20-17-30(18-21-33)32-16-15-31-19-24-39-38-11-5-8-14-47(38)52-48(39)40(31)27-32/h3-29H,1-2H3. The highest BCUT2D eigenvalue weighted by molar-refractivity contribution is 7.26. The van der Waals surface area contributed by atoms with Crippen molar-refractivity contribution in [1.29, 1.82) is 0 Å². The number of thiophene rings is 1. The molecule has 10 aromatic rings. The van der Waals surface area contributed by atoms with Gasteiger partial charge in [0.15, 0.2) is 0 Å². The van der Waals surface area contributed by atoms with E-state index in [1.165, 1.54) is 64.3 Å². The van der Waals surface area contributed by atoms with Gasteiger partial charge in [0.1, 0.15) is 11.2 Å². The van der Waals surface area contributed by atoms with Crippen molar-refractivity contribution in [2.75, 3.05) is 4.90 Å². The van der Waals surface area contributed by atoms with Gasteiger partial charge in [-0.2, -0.15) is 0 Å². The third kappa shape index (κ3) is 4.30. The van der Waals surface area contributed by atoms with E-state index in [2.05, 4.69) is 170 Å². The molecular weight excluding hydrogens is 651 g/mol. The molecule has 0 unspecified atom stereocenters. The smallest absolute Gasteiger partial charge is 0.135 e. The molecule has 0 amide bonds. The Morgan fingerprint density at radius 2 is 1.13 bits per heavy atom. The van der Waals surface area contributed by atoms with Crippen molar-refractivity contribution in [3.05, 3.63) is 175 Å². The van der Waals surface area contributed by atoms with Crippen LogP contribution in [-0.4, -0.2) is 0 Å². The molecule has 0 bridgehead atoms. The largest absolute Gasteiger partial charge is 0.456 e. The minimum atomic E-state index is -0.0488. The molecule has 0 N–H and O–H groups in total. The minimum Gasteiger partial charge on any atom is -0.456 e. The zero-order valence-corrected chi connectivity index (χ0v) is 29.7. The van der Waals surface area contributed by atoms with Gasteiger partial charge in [-0.15, -0.1) is 11.3 Å². The van der Waals surface area contributed by atoms with Crippen molar-refractivity contribution >= 4 is 81.3 Å². The number of benzene rings is 8. The van der Waals surface area contributed by atoms with Crippen LogP contribution in [0.2, 0.25) is 0 Å². The van der Waals surface area contributed by atoms with Crippen molar-refractivity contribution in [1.82, 2.24) is 0 Å². The fourth-order valence-corrected chi connectivity index (χ4v) is 9.86. The normalized spacial score (nSPS) is 13.3. The lowest BCUT2D eigenvalue weighted by Crippen LogP contribution is -2.15. The number of para-hydroxylation sites is 1. The van der Waals surface area contributed by atoms with Gasteiger partial charge in [-0.05, 0) is 99.4 Å². The highest BCUT2D eigenvalue weighted by Crippen LogP contribution is 2.51. The fourth-order valence-electron chi connectivity index (χ4n) is 8.63. The van der Waals surface area contributed by atoms with Crippen LogP contribution in [0, 0.1) is 0 Å². The second kappa shape index (κ2) is 10.9. The Morgan fingerprint density at radius 3 is 2.04 bits per heavy atom. The molecule has 8 aromatic carbocycles. The molecular formula is C49H33NOS. The predicted molar refractivity (Wildman–Crippen MR) is 222 cm³/mol. The van der Waals surface area contributed by atoms with E-state index in [1.54, 1.807) is 0 Å². The Labute approximate surface area is 305 Å². The summed E-state index contributed by atoms with van der Waals surface area (Å²) in [4.78, 5) is 2.39. The lowest BCUT2D eigenvalue weighted by atomic mass is 9.82. The van der Waals surface area contributed by atoms with Gasteiger partial charge in [0.2, 0.25) is 0 Å². The van der Waals surface area contributed by atoms with E-state index in [0.29, 0.717) is 0 Å². The maximum Gasteiger partial charge on any atom is 0.135 e. The second-order valence-electron chi connectivity index (χ2n) is 14.5. The van der Waals surface area contributed by atoms with Crippen molar-refractivity contribution in [3.63, 3.8) is 0 Å². The van der Waals surface area contributed by atoms with Crippen LogP contribution in [0.3, 0.4) is 0 Å². The minimum absolute atomic E-state index is 0.0488. The summed E-state index contributed by atoms with van der Waals surface area (Å²) in [6, 6.07) is 60.0. The van der Waals surface area contributed by atoms with Crippen molar-refractivity contribution < 1.29 is 4.42 Å². The molecule has 3 heteroatoms. The Bertz CT molecular complexity index is 3050. The molecule has 2 nitrogen and oxygen atoms in total. The zero-order valence-electron chi connectivity index (χ0n) is 28.9. The third-order valence-electron chi connectivity index (χ3n) is 11.3. The molecule has 52 heavy (non-hydrogen) atoms. The topological polar surface area (TPSA) is 16.4 Å². The van der Waals surface area contributed by atoms with Crippen molar-refractivity contribution in [3.8, 4) is 22.3 Å². The van der Waals surface area contributed by atoms with Crippen molar-refractivity contribution in [2.45, 2.75) is 19.3 Å². The first-order valence-corrected chi connectivity index (χ1v) is 18.7. The van der Waals surface area contributed by atoms with E-state index in [-0.39, 0.29) is 5.41 Å². The van der Waals surface area contributed by atoms with E-state index >= 15 is 0 Å². The first-order chi connectivity index (χ1) is 25.5. The summed E-state index contributed by atoms with van der Waals surface area (Å²) in [5.74, 6) is 0. The summed E-state index contributed by atoms with van der Waals surface area (Å²) < 4.78 is 8.93. The molecule has 1 aliphatic rings. The van der Waals surface area contributed by atoms with E-state index in [1.807, 2.05) is 23.5 Å². The summed E-state index contributed by atoms with van der Waals surface area (Å²) >= 11 is 1.89. The third-order valence-corrected chi connectivity index (χ3v) is 12.5. The number of anilines is 3. The van der Waals surface area contributed by atoms with E-state index in [0.717, 1.165) is 39.0 Å². The van der Waals surface area contributed by atoms with Gasteiger partial charge in [-0.25, -0.2) is 0 Å². The highest BCUT2D eigenvalue weighted by Gasteiger charge is 2.35. The van der Waals surface area contributed by atoms with Crippen LogP contribution in [0.5, 0.6) is 0 Å². The molecule has 0 saturated carbocycles. The van der Waals surface area contributed by atoms with Crippen LogP contribution in [-0.2, 0) is 5.41 Å². The Kier molecular flexibility index (Phi) is 6.21. The Morgan fingerprint density at radius 1 is 0.462 bits per heavy atom. The number of hydrogen-bond donors (Lipinski definition) is 0. The van der Waals surface area contributed by atoms with Crippen LogP contribution >= 0.6 is 11.3 Å². The average Bonchev–Trinajstić information content (AvgIpc) is 3.83. The Balaban J connectivity index is 1.06. The van der Waals surface area contributed by atoms with Crippen molar-refractivity contribution in [2.24, 2.45) is 0 Å². The van der Waals surface area contributed by atoms with Gasteiger partial charge in [0.25, 0.3) is 0 Å². The first-order valence-electron chi connectivity index (χ1n) is 17.9. The fraction of sp³-hybridized carbons (Fsp3) is 0.0612. The van der Waals surface area contributed by atoms with Gasteiger partial charge in [0.05, 0.1) is 0 Å². The van der Waals surface area contributed by atoms with Gasteiger partial charge in [0, 0.05) is 58.8 Å². The molecule has 11 rings (SSSR count). The van der Waals surface area contributed by atoms with Crippen LogP contribution in [0.1, 0.15) is 25.0 Å². The first kappa shape index (κ1) is 29.6. The SMILES string of the molecule is CC1(C)c2ccccc2-c2cc(N(c3ccc(-c4ccc5ccc6c7ccccc7sc6c5c4)cc3)c3ccc4oc5ccccc5c4c3)ccc21. The lowest BCUT2D eigenvalue weighted by Gasteiger charge is -2.27. The molecule has 0 fully saturated rings. The summed E-state index contributed by atoms with van der Waals surface area (Å²) in [5, 5.41) is 7.49. The van der Waals surface area contributed by atoms with Gasteiger partial charge < -0.3 is 9.32 Å². The molecule has 0 radical (unpaired) electrons. The van der Waals surface area contributed by atoms with Gasteiger partial charge in [-0.3, -0.25) is 0 Å². The number of furan rings is 1. The van der Waals surface area contributed by atoms with Gasteiger partial charge in [-0.1, -0.05) is 117 Å². The molecule has 0 atom stereocenters. The number of fused-ring (bicyclic) bond motifs is 11. The summed E-state index contributed by atoms with van der Waals surface area (Å²) in [7, 11) is 0.